The quantitative estimate of drug-likeness (QED) is 0.872. The van der Waals surface area contributed by atoms with Gasteiger partial charge in [0.2, 0.25) is 0 Å². The molecule has 1 aliphatic heterocycles. The zero-order chi connectivity index (χ0) is 13.8. The summed E-state index contributed by atoms with van der Waals surface area (Å²) in [5.41, 5.74) is 1.95. The lowest BCUT2D eigenvalue weighted by Crippen LogP contribution is -2.37. The van der Waals surface area contributed by atoms with E-state index in [1.54, 1.807) is 6.92 Å². The summed E-state index contributed by atoms with van der Waals surface area (Å²) in [5, 5.41) is 12.6. The highest BCUT2D eigenvalue weighted by Gasteiger charge is 2.26. The zero-order valence-corrected chi connectivity index (χ0v) is 11.3. The number of para-hydroxylation sites is 1. The van der Waals surface area contributed by atoms with Gasteiger partial charge in [-0.1, -0.05) is 18.2 Å². The number of benzene rings is 1. The average molecular weight is 264 g/mol. The second kappa shape index (κ2) is 5.93. The van der Waals surface area contributed by atoms with Gasteiger partial charge in [-0.3, -0.25) is 0 Å². The van der Waals surface area contributed by atoms with E-state index in [2.05, 4.69) is 15.0 Å². The Labute approximate surface area is 113 Å². The van der Waals surface area contributed by atoms with Gasteiger partial charge in [0, 0.05) is 24.3 Å². The number of carbonyl (C=O) groups is 1. The zero-order valence-electron chi connectivity index (χ0n) is 11.3. The summed E-state index contributed by atoms with van der Waals surface area (Å²) in [4.78, 5) is 13.4. The summed E-state index contributed by atoms with van der Waals surface area (Å²) in [7, 11) is 1.37. The molecule has 2 unspecified atom stereocenters. The van der Waals surface area contributed by atoms with E-state index in [0.29, 0.717) is 0 Å². The number of aliphatic hydroxyl groups excluding tert-OH is 1. The number of rotatable bonds is 3. The molecule has 2 N–H and O–H groups in total. The number of amides is 1. The van der Waals surface area contributed by atoms with E-state index in [9.17, 15) is 9.90 Å². The molecular weight excluding hydrogens is 244 g/mol. The summed E-state index contributed by atoms with van der Waals surface area (Å²) in [5.74, 6) is 0. The van der Waals surface area contributed by atoms with Gasteiger partial charge in [0.1, 0.15) is 0 Å². The molecule has 1 aromatic carbocycles. The van der Waals surface area contributed by atoms with Crippen molar-refractivity contribution in [3.8, 4) is 0 Å². The maximum atomic E-state index is 11.2. The van der Waals surface area contributed by atoms with Crippen LogP contribution in [0.5, 0.6) is 0 Å². The van der Waals surface area contributed by atoms with Crippen LogP contribution in [0.2, 0.25) is 0 Å². The number of hydrogen-bond donors (Lipinski definition) is 2. The smallest absolute Gasteiger partial charge is 0.407 e. The molecule has 5 heteroatoms. The standard InChI is InChI=1S/C14H20N2O3/c1-10(17)12-5-3-4-6-13(12)16-8-7-11(9-16)15-14(18)19-2/h3-6,10-11,17H,7-9H2,1-2H3,(H,15,18). The highest BCUT2D eigenvalue weighted by Crippen LogP contribution is 2.28. The Morgan fingerprint density at radius 1 is 1.53 bits per heavy atom. The number of aliphatic hydroxyl groups is 1. The second-order valence-electron chi connectivity index (χ2n) is 4.80. The largest absolute Gasteiger partial charge is 0.453 e. The third-order valence-corrected chi connectivity index (χ3v) is 3.42. The monoisotopic (exact) mass is 264 g/mol. The highest BCUT2D eigenvalue weighted by molar-refractivity contribution is 5.67. The first-order valence-electron chi connectivity index (χ1n) is 6.48. The van der Waals surface area contributed by atoms with E-state index >= 15 is 0 Å². The number of nitrogens with one attached hydrogen (secondary N) is 1. The number of alkyl carbamates (subject to hydrolysis) is 1. The molecule has 1 fully saturated rings. The van der Waals surface area contributed by atoms with E-state index in [4.69, 9.17) is 0 Å². The fourth-order valence-electron chi connectivity index (χ4n) is 2.45. The van der Waals surface area contributed by atoms with Crippen LogP contribution < -0.4 is 10.2 Å². The Balaban J connectivity index is 2.06. The number of hydrogen-bond acceptors (Lipinski definition) is 4. The lowest BCUT2D eigenvalue weighted by molar-refractivity contribution is 0.167. The van der Waals surface area contributed by atoms with Crippen molar-refractivity contribution in [2.24, 2.45) is 0 Å². The van der Waals surface area contributed by atoms with E-state index < -0.39 is 12.2 Å². The van der Waals surface area contributed by atoms with Crippen LogP contribution in [0.25, 0.3) is 0 Å². The van der Waals surface area contributed by atoms with Crippen molar-refractivity contribution in [1.29, 1.82) is 0 Å². The molecule has 104 valence electrons. The molecule has 1 saturated heterocycles. The van der Waals surface area contributed by atoms with E-state index in [1.165, 1.54) is 7.11 Å². The van der Waals surface area contributed by atoms with Crippen molar-refractivity contribution in [3.05, 3.63) is 29.8 Å². The van der Waals surface area contributed by atoms with Gasteiger partial charge in [-0.05, 0) is 19.4 Å². The fourth-order valence-corrected chi connectivity index (χ4v) is 2.45. The molecule has 0 saturated carbocycles. The lowest BCUT2D eigenvalue weighted by Gasteiger charge is -2.23. The van der Waals surface area contributed by atoms with Gasteiger partial charge in [0.15, 0.2) is 0 Å². The van der Waals surface area contributed by atoms with E-state index in [0.717, 1.165) is 30.8 Å². The predicted octanol–water partition coefficient (Wildman–Crippen LogP) is 1.67. The Kier molecular flexibility index (Phi) is 4.27. The number of nitrogens with zero attached hydrogens (tertiary/aromatic N) is 1. The van der Waals surface area contributed by atoms with Crippen molar-refractivity contribution in [2.45, 2.75) is 25.5 Å². The molecule has 1 amide bonds. The van der Waals surface area contributed by atoms with Crippen LogP contribution in [0, 0.1) is 0 Å². The van der Waals surface area contributed by atoms with Crippen LogP contribution in [0.1, 0.15) is 25.0 Å². The third-order valence-electron chi connectivity index (χ3n) is 3.42. The number of methoxy groups -OCH3 is 1. The molecule has 1 aromatic rings. The average Bonchev–Trinajstić information content (AvgIpc) is 2.86. The van der Waals surface area contributed by atoms with Gasteiger partial charge >= 0.3 is 6.09 Å². The van der Waals surface area contributed by atoms with Crippen LogP contribution in [0.3, 0.4) is 0 Å². The van der Waals surface area contributed by atoms with Crippen LogP contribution in [-0.4, -0.2) is 37.4 Å². The third kappa shape index (κ3) is 3.17. The maximum Gasteiger partial charge on any atom is 0.407 e. The molecule has 5 nitrogen and oxygen atoms in total. The predicted molar refractivity (Wildman–Crippen MR) is 73.2 cm³/mol. The molecule has 2 atom stereocenters. The molecule has 0 aliphatic carbocycles. The van der Waals surface area contributed by atoms with Crippen LogP contribution in [0.15, 0.2) is 24.3 Å². The van der Waals surface area contributed by atoms with Gasteiger partial charge in [-0.15, -0.1) is 0 Å². The Bertz CT molecular complexity index is 448. The minimum Gasteiger partial charge on any atom is -0.453 e. The molecule has 1 heterocycles. The van der Waals surface area contributed by atoms with Gasteiger partial charge in [-0.25, -0.2) is 4.79 Å². The SMILES string of the molecule is COC(=O)NC1CCN(c2ccccc2C(C)O)C1. The fraction of sp³-hybridized carbons (Fsp3) is 0.500. The van der Waals surface area contributed by atoms with E-state index in [1.807, 2.05) is 24.3 Å². The molecule has 1 aliphatic rings. The Hall–Kier alpha value is -1.75. The summed E-state index contributed by atoms with van der Waals surface area (Å²) in [6.07, 6.45) is -0.0112. The topological polar surface area (TPSA) is 61.8 Å². The van der Waals surface area contributed by atoms with Gasteiger partial charge in [-0.2, -0.15) is 0 Å². The highest BCUT2D eigenvalue weighted by atomic mass is 16.5. The van der Waals surface area contributed by atoms with Gasteiger partial charge in [0.05, 0.1) is 19.3 Å². The summed E-state index contributed by atoms with van der Waals surface area (Å²) >= 11 is 0. The molecule has 0 radical (unpaired) electrons. The van der Waals surface area contributed by atoms with Crippen molar-refractivity contribution < 1.29 is 14.6 Å². The molecule has 19 heavy (non-hydrogen) atoms. The molecular formula is C14H20N2O3. The van der Waals surface area contributed by atoms with Crippen LogP contribution >= 0.6 is 0 Å². The first-order chi connectivity index (χ1) is 9.11. The maximum absolute atomic E-state index is 11.2. The molecule has 2 rings (SSSR count). The first-order valence-corrected chi connectivity index (χ1v) is 6.48. The minimum atomic E-state index is -0.496. The summed E-state index contributed by atoms with van der Waals surface area (Å²) in [6.45, 7) is 3.36. The first kappa shape index (κ1) is 13.7. The molecule has 0 spiro atoms. The second-order valence-corrected chi connectivity index (χ2v) is 4.80. The van der Waals surface area contributed by atoms with Crippen molar-refractivity contribution in [1.82, 2.24) is 5.32 Å². The van der Waals surface area contributed by atoms with E-state index in [-0.39, 0.29) is 6.04 Å². The lowest BCUT2D eigenvalue weighted by atomic mass is 10.1. The van der Waals surface area contributed by atoms with Crippen molar-refractivity contribution in [2.75, 3.05) is 25.1 Å². The number of carbonyl (C=O) groups excluding carboxylic acids is 1. The van der Waals surface area contributed by atoms with Gasteiger partial charge in [0.25, 0.3) is 0 Å². The minimum absolute atomic E-state index is 0.0921. The summed E-state index contributed by atoms with van der Waals surface area (Å²) in [6, 6.07) is 7.91. The molecule has 0 bridgehead atoms. The number of anilines is 1. The normalized spacial score (nSPS) is 20.2. The number of ether oxygens (including phenoxy) is 1. The summed E-state index contributed by atoms with van der Waals surface area (Å²) < 4.78 is 4.61. The van der Waals surface area contributed by atoms with Gasteiger partial charge < -0.3 is 20.1 Å². The van der Waals surface area contributed by atoms with Crippen LogP contribution in [-0.2, 0) is 4.74 Å². The Morgan fingerprint density at radius 2 is 2.26 bits per heavy atom. The molecule has 0 aromatic heterocycles. The van der Waals surface area contributed by atoms with Crippen molar-refractivity contribution >= 4 is 11.8 Å². The Morgan fingerprint density at radius 3 is 2.95 bits per heavy atom. The van der Waals surface area contributed by atoms with Crippen molar-refractivity contribution in [3.63, 3.8) is 0 Å². The van der Waals surface area contributed by atoms with Crippen LogP contribution in [0.4, 0.5) is 10.5 Å².